The first kappa shape index (κ1) is 24.8. The molecular formula is C26H25N7O2S. The number of rotatable bonds is 9. The van der Waals surface area contributed by atoms with Gasteiger partial charge in [-0.3, -0.25) is 4.79 Å². The van der Waals surface area contributed by atoms with Crippen molar-refractivity contribution >= 4 is 29.1 Å². The molecule has 0 saturated carbocycles. The van der Waals surface area contributed by atoms with Crippen LogP contribution in [0.3, 0.4) is 0 Å². The summed E-state index contributed by atoms with van der Waals surface area (Å²) in [5, 5.41) is 3.84. The Morgan fingerprint density at radius 3 is 2.61 bits per heavy atom. The van der Waals surface area contributed by atoms with Crippen LogP contribution in [0.1, 0.15) is 11.1 Å². The molecule has 9 nitrogen and oxygen atoms in total. The van der Waals surface area contributed by atoms with E-state index in [0.29, 0.717) is 40.4 Å². The van der Waals surface area contributed by atoms with E-state index in [2.05, 4.69) is 36.2 Å². The van der Waals surface area contributed by atoms with Crippen LogP contribution >= 0.6 is 11.8 Å². The van der Waals surface area contributed by atoms with Crippen LogP contribution in [-0.4, -0.2) is 41.1 Å². The van der Waals surface area contributed by atoms with Gasteiger partial charge in [-0.25, -0.2) is 19.8 Å². The van der Waals surface area contributed by atoms with E-state index in [1.54, 1.807) is 25.3 Å². The number of benzene rings is 2. The minimum atomic E-state index is -0.460. The SMILES string of the molecule is [C-]#[N+]c1c(-c2cccc(OC)c2)nc(SCc2cccc(NCc3cnc(N(C)C)nc3)c2)[nH]c1=O. The summed E-state index contributed by atoms with van der Waals surface area (Å²) in [4.78, 5) is 33.8. The molecule has 10 heteroatoms. The lowest BCUT2D eigenvalue weighted by Gasteiger charge is -2.11. The van der Waals surface area contributed by atoms with Crippen LogP contribution < -0.4 is 20.5 Å². The molecule has 0 amide bonds. The van der Waals surface area contributed by atoms with Gasteiger partial charge in [-0.1, -0.05) is 36.0 Å². The lowest BCUT2D eigenvalue weighted by atomic mass is 10.1. The molecule has 0 aliphatic heterocycles. The van der Waals surface area contributed by atoms with Gasteiger partial charge in [0.15, 0.2) is 5.16 Å². The second-order valence-corrected chi connectivity index (χ2v) is 9.00. The number of hydrogen-bond acceptors (Lipinski definition) is 8. The van der Waals surface area contributed by atoms with Gasteiger partial charge in [0.2, 0.25) is 5.95 Å². The van der Waals surface area contributed by atoms with Crippen LogP contribution in [0.15, 0.2) is 70.9 Å². The van der Waals surface area contributed by atoms with E-state index in [1.807, 2.05) is 55.7 Å². The lowest BCUT2D eigenvalue weighted by molar-refractivity contribution is 0.415. The molecular weight excluding hydrogens is 474 g/mol. The lowest BCUT2D eigenvalue weighted by Crippen LogP contribution is -2.13. The van der Waals surface area contributed by atoms with E-state index in [-0.39, 0.29) is 5.69 Å². The number of methoxy groups -OCH3 is 1. The molecule has 0 aliphatic rings. The molecule has 0 radical (unpaired) electrons. The molecule has 0 saturated heterocycles. The minimum Gasteiger partial charge on any atom is -0.497 e. The summed E-state index contributed by atoms with van der Waals surface area (Å²) in [6.07, 6.45) is 3.62. The van der Waals surface area contributed by atoms with Crippen LogP contribution in [0.5, 0.6) is 5.75 Å². The van der Waals surface area contributed by atoms with Gasteiger partial charge in [-0.05, 0) is 35.4 Å². The molecule has 0 unspecified atom stereocenters. The van der Waals surface area contributed by atoms with Gasteiger partial charge in [-0.15, -0.1) is 0 Å². The molecule has 182 valence electrons. The number of nitrogens with zero attached hydrogens (tertiary/aromatic N) is 5. The first-order valence-electron chi connectivity index (χ1n) is 11.1. The third-order valence-electron chi connectivity index (χ3n) is 5.22. The fraction of sp³-hybridized carbons (Fsp3) is 0.192. The van der Waals surface area contributed by atoms with E-state index >= 15 is 0 Å². The molecule has 0 atom stereocenters. The number of aromatic amines is 1. The van der Waals surface area contributed by atoms with Crippen molar-refractivity contribution < 1.29 is 4.74 Å². The predicted molar refractivity (Wildman–Crippen MR) is 143 cm³/mol. The Kier molecular flexibility index (Phi) is 7.82. The number of anilines is 2. The van der Waals surface area contributed by atoms with Crippen LogP contribution in [0.4, 0.5) is 17.3 Å². The normalized spacial score (nSPS) is 10.5. The van der Waals surface area contributed by atoms with Crippen molar-refractivity contribution in [3.05, 3.63) is 93.8 Å². The highest BCUT2D eigenvalue weighted by Gasteiger charge is 2.15. The van der Waals surface area contributed by atoms with Gasteiger partial charge in [-0.2, -0.15) is 0 Å². The van der Waals surface area contributed by atoms with Crippen LogP contribution in [-0.2, 0) is 12.3 Å². The molecule has 2 N–H and O–H groups in total. The zero-order valence-electron chi connectivity index (χ0n) is 20.1. The highest BCUT2D eigenvalue weighted by Crippen LogP contribution is 2.30. The maximum absolute atomic E-state index is 12.6. The molecule has 0 spiro atoms. The summed E-state index contributed by atoms with van der Waals surface area (Å²) < 4.78 is 5.28. The molecule has 36 heavy (non-hydrogen) atoms. The monoisotopic (exact) mass is 499 g/mol. The zero-order valence-corrected chi connectivity index (χ0v) is 21.0. The second kappa shape index (κ2) is 11.4. The summed E-state index contributed by atoms with van der Waals surface area (Å²) in [6, 6.07) is 15.2. The number of aromatic nitrogens is 4. The third-order valence-corrected chi connectivity index (χ3v) is 6.16. The molecule has 0 bridgehead atoms. The van der Waals surface area contributed by atoms with Gasteiger partial charge >= 0.3 is 0 Å². The summed E-state index contributed by atoms with van der Waals surface area (Å²) >= 11 is 1.40. The second-order valence-electron chi connectivity index (χ2n) is 8.04. The molecule has 2 aromatic heterocycles. The summed E-state index contributed by atoms with van der Waals surface area (Å²) in [6.45, 7) is 8.04. The molecule has 2 aromatic carbocycles. The van der Waals surface area contributed by atoms with Gasteiger partial charge in [0.05, 0.1) is 19.4 Å². The zero-order chi connectivity index (χ0) is 25.5. The molecule has 0 fully saturated rings. The maximum atomic E-state index is 12.6. The van der Waals surface area contributed by atoms with Crippen molar-refractivity contribution in [3.8, 4) is 17.0 Å². The van der Waals surface area contributed by atoms with E-state index < -0.39 is 5.56 Å². The van der Waals surface area contributed by atoms with E-state index in [1.165, 1.54) is 11.8 Å². The molecule has 4 rings (SSSR count). The highest BCUT2D eigenvalue weighted by molar-refractivity contribution is 7.98. The first-order chi connectivity index (χ1) is 17.5. The fourth-order valence-corrected chi connectivity index (χ4v) is 4.19. The number of ether oxygens (including phenoxy) is 1. The van der Waals surface area contributed by atoms with Crippen LogP contribution in [0, 0.1) is 6.57 Å². The highest BCUT2D eigenvalue weighted by atomic mass is 32.2. The minimum absolute atomic E-state index is 0.0404. The number of hydrogen-bond donors (Lipinski definition) is 2. The first-order valence-corrected chi connectivity index (χ1v) is 12.1. The molecule has 2 heterocycles. The summed E-state index contributed by atoms with van der Waals surface area (Å²) in [5.41, 5.74) is 3.50. The van der Waals surface area contributed by atoms with E-state index in [0.717, 1.165) is 16.8 Å². The average Bonchev–Trinajstić information content (AvgIpc) is 2.91. The van der Waals surface area contributed by atoms with Crippen LogP contribution in [0.25, 0.3) is 16.1 Å². The quantitative estimate of drug-likeness (QED) is 0.193. The summed E-state index contributed by atoms with van der Waals surface area (Å²) in [7, 11) is 5.38. The van der Waals surface area contributed by atoms with Gasteiger partial charge in [0.25, 0.3) is 11.2 Å². The summed E-state index contributed by atoms with van der Waals surface area (Å²) in [5.74, 6) is 1.89. The van der Waals surface area contributed by atoms with Crippen molar-refractivity contribution in [2.45, 2.75) is 17.5 Å². The molecule has 0 aliphatic carbocycles. The molecule has 4 aromatic rings. The predicted octanol–water partition coefficient (Wildman–Crippen LogP) is 4.76. The van der Waals surface area contributed by atoms with Gasteiger partial charge in [0, 0.05) is 50.0 Å². The standard InChI is InChI=1S/C26H25N7O2S/c1-27-23-22(19-8-6-10-21(12-19)35-4)31-26(32-24(23)34)36-16-17-7-5-9-20(11-17)28-13-18-14-29-25(30-15-18)33(2)3/h5-12,14-15,28H,13,16H2,2-4H3,(H,31,32,34). The van der Waals surface area contributed by atoms with Crippen molar-refractivity contribution in [2.24, 2.45) is 0 Å². The van der Waals surface area contributed by atoms with E-state index in [4.69, 9.17) is 11.3 Å². The van der Waals surface area contributed by atoms with E-state index in [9.17, 15) is 4.79 Å². The maximum Gasteiger partial charge on any atom is 0.276 e. The fourth-order valence-electron chi connectivity index (χ4n) is 3.39. The van der Waals surface area contributed by atoms with Crippen LogP contribution in [0.2, 0.25) is 0 Å². The Labute approximate surface area is 213 Å². The van der Waals surface area contributed by atoms with Gasteiger partial charge in [0.1, 0.15) is 5.75 Å². The van der Waals surface area contributed by atoms with Crippen molar-refractivity contribution in [3.63, 3.8) is 0 Å². The Morgan fingerprint density at radius 1 is 1.11 bits per heavy atom. The Balaban J connectivity index is 1.46. The van der Waals surface area contributed by atoms with Crippen molar-refractivity contribution in [2.75, 3.05) is 31.4 Å². The van der Waals surface area contributed by atoms with Gasteiger partial charge < -0.3 is 19.9 Å². The Morgan fingerprint density at radius 2 is 1.89 bits per heavy atom. The largest absolute Gasteiger partial charge is 0.497 e. The Hall–Kier alpha value is -4.36. The topological polar surface area (TPSA) is 100 Å². The number of thioether (sulfide) groups is 1. The number of H-pyrrole nitrogens is 1. The third kappa shape index (κ3) is 6.00. The average molecular weight is 500 g/mol. The number of nitrogens with one attached hydrogen (secondary N) is 2. The van der Waals surface area contributed by atoms with Crippen molar-refractivity contribution in [1.82, 2.24) is 19.9 Å². The Bertz CT molecular complexity index is 1450. The van der Waals surface area contributed by atoms with Crippen molar-refractivity contribution in [1.29, 1.82) is 0 Å². The smallest absolute Gasteiger partial charge is 0.276 e.